The maximum absolute atomic E-state index is 12.3. The minimum absolute atomic E-state index is 0.0176. The van der Waals surface area contributed by atoms with Crippen LogP contribution in [0.3, 0.4) is 0 Å². The second kappa shape index (κ2) is 6.48. The van der Waals surface area contributed by atoms with E-state index in [-0.39, 0.29) is 18.0 Å². The van der Waals surface area contributed by atoms with Crippen molar-refractivity contribution < 1.29 is 9.53 Å². The van der Waals surface area contributed by atoms with Crippen LogP contribution in [0.1, 0.15) is 32.3 Å². The van der Waals surface area contributed by atoms with Crippen molar-refractivity contribution in [3.05, 3.63) is 29.8 Å². The zero-order valence-electron chi connectivity index (χ0n) is 13.1. The van der Waals surface area contributed by atoms with Crippen LogP contribution in [0.15, 0.2) is 29.3 Å². The van der Waals surface area contributed by atoms with Crippen LogP contribution in [0.2, 0.25) is 0 Å². The molecule has 2 aliphatic heterocycles. The number of carbonyl (C=O) groups is 1. The molecule has 118 valence electrons. The number of aliphatic imine (C=N–C) groups is 1. The molecule has 2 aliphatic rings. The van der Waals surface area contributed by atoms with Gasteiger partial charge in [0.15, 0.2) is 0 Å². The highest BCUT2D eigenvalue weighted by Crippen LogP contribution is 2.23. The molecule has 1 fully saturated rings. The smallest absolute Gasteiger partial charge is 0.241 e. The first-order chi connectivity index (χ1) is 10.6. The third-order valence-electron chi connectivity index (χ3n) is 4.24. The van der Waals surface area contributed by atoms with E-state index in [0.29, 0.717) is 18.4 Å². The summed E-state index contributed by atoms with van der Waals surface area (Å²) in [6.07, 6.45) is 1.94. The summed E-state index contributed by atoms with van der Waals surface area (Å²) in [7, 11) is 0. The third-order valence-corrected chi connectivity index (χ3v) is 4.24. The molecule has 0 radical (unpaired) electrons. The average Bonchev–Trinajstić information content (AvgIpc) is 3.19. The summed E-state index contributed by atoms with van der Waals surface area (Å²) in [6.45, 7) is 5.80. The normalized spacial score (nSPS) is 24.2. The SMILES string of the molecule is CC(C)[C@H]1COC(c2ccccc2NC(=O)C2CCCN2)=N1. The largest absolute Gasteiger partial charge is 0.475 e. The van der Waals surface area contributed by atoms with Gasteiger partial charge < -0.3 is 15.4 Å². The lowest BCUT2D eigenvalue weighted by atomic mass is 10.1. The first kappa shape index (κ1) is 15.0. The van der Waals surface area contributed by atoms with Gasteiger partial charge in [0.25, 0.3) is 0 Å². The fourth-order valence-electron chi connectivity index (χ4n) is 2.79. The van der Waals surface area contributed by atoms with Gasteiger partial charge in [0.05, 0.1) is 23.3 Å². The molecular formula is C17H23N3O2. The van der Waals surface area contributed by atoms with Crippen LogP contribution in [-0.2, 0) is 9.53 Å². The molecule has 0 aromatic heterocycles. The number of anilines is 1. The number of hydrogen-bond donors (Lipinski definition) is 2. The molecule has 0 aliphatic carbocycles. The van der Waals surface area contributed by atoms with Crippen LogP contribution >= 0.6 is 0 Å². The highest BCUT2D eigenvalue weighted by Gasteiger charge is 2.26. The van der Waals surface area contributed by atoms with E-state index in [9.17, 15) is 4.79 Å². The fraction of sp³-hybridized carbons (Fsp3) is 0.529. The van der Waals surface area contributed by atoms with E-state index in [4.69, 9.17) is 4.74 Å². The van der Waals surface area contributed by atoms with Crippen LogP contribution in [0.5, 0.6) is 0 Å². The lowest BCUT2D eigenvalue weighted by Crippen LogP contribution is -2.35. The number of ether oxygens (including phenoxy) is 1. The van der Waals surface area contributed by atoms with Crippen molar-refractivity contribution in [3.8, 4) is 0 Å². The Morgan fingerprint density at radius 1 is 1.41 bits per heavy atom. The van der Waals surface area contributed by atoms with Crippen LogP contribution < -0.4 is 10.6 Å². The molecule has 5 nitrogen and oxygen atoms in total. The van der Waals surface area contributed by atoms with E-state index in [0.717, 1.165) is 30.6 Å². The Bertz CT molecular complexity index is 577. The van der Waals surface area contributed by atoms with Gasteiger partial charge in [-0.1, -0.05) is 26.0 Å². The molecule has 0 bridgehead atoms. The van der Waals surface area contributed by atoms with Crippen molar-refractivity contribution in [2.24, 2.45) is 10.9 Å². The van der Waals surface area contributed by atoms with E-state index in [2.05, 4.69) is 29.5 Å². The van der Waals surface area contributed by atoms with Crippen molar-refractivity contribution in [2.45, 2.75) is 38.8 Å². The van der Waals surface area contributed by atoms with E-state index in [1.165, 1.54) is 0 Å². The topological polar surface area (TPSA) is 62.7 Å². The van der Waals surface area contributed by atoms with Crippen molar-refractivity contribution in [3.63, 3.8) is 0 Å². The Balaban J connectivity index is 1.78. The van der Waals surface area contributed by atoms with Crippen LogP contribution in [0, 0.1) is 5.92 Å². The molecule has 1 aromatic rings. The monoisotopic (exact) mass is 301 g/mol. The highest BCUT2D eigenvalue weighted by molar-refractivity contribution is 6.05. The molecule has 1 aromatic carbocycles. The molecule has 5 heteroatoms. The second-order valence-corrected chi connectivity index (χ2v) is 6.24. The number of hydrogen-bond acceptors (Lipinski definition) is 4. The van der Waals surface area contributed by atoms with Gasteiger partial charge in [-0.05, 0) is 37.4 Å². The van der Waals surface area contributed by atoms with E-state index in [1.54, 1.807) is 0 Å². The van der Waals surface area contributed by atoms with Crippen molar-refractivity contribution >= 4 is 17.5 Å². The molecular weight excluding hydrogens is 278 g/mol. The minimum Gasteiger partial charge on any atom is -0.475 e. The molecule has 3 rings (SSSR count). The highest BCUT2D eigenvalue weighted by atomic mass is 16.5. The Morgan fingerprint density at radius 3 is 2.91 bits per heavy atom. The molecule has 2 N–H and O–H groups in total. The molecule has 22 heavy (non-hydrogen) atoms. The van der Waals surface area contributed by atoms with Gasteiger partial charge in [-0.15, -0.1) is 0 Å². The lowest BCUT2D eigenvalue weighted by Gasteiger charge is -2.14. The number of carbonyl (C=O) groups excluding carboxylic acids is 1. The summed E-state index contributed by atoms with van der Waals surface area (Å²) < 4.78 is 5.74. The number of benzene rings is 1. The minimum atomic E-state index is -0.0945. The Labute approximate surface area is 131 Å². The first-order valence-electron chi connectivity index (χ1n) is 7.99. The zero-order valence-corrected chi connectivity index (χ0v) is 13.1. The van der Waals surface area contributed by atoms with Crippen LogP contribution in [-0.4, -0.2) is 37.0 Å². The number of nitrogens with zero attached hydrogens (tertiary/aromatic N) is 1. The molecule has 0 spiro atoms. The maximum atomic E-state index is 12.3. The van der Waals surface area contributed by atoms with Gasteiger partial charge >= 0.3 is 0 Å². The van der Waals surface area contributed by atoms with E-state index < -0.39 is 0 Å². The number of nitrogens with one attached hydrogen (secondary N) is 2. The van der Waals surface area contributed by atoms with Gasteiger partial charge in [0.1, 0.15) is 6.61 Å². The average molecular weight is 301 g/mol. The zero-order chi connectivity index (χ0) is 15.5. The molecule has 0 saturated carbocycles. The molecule has 2 heterocycles. The molecule has 1 amide bonds. The van der Waals surface area contributed by atoms with Gasteiger partial charge in [-0.3, -0.25) is 4.79 Å². The molecule has 1 unspecified atom stereocenters. The third kappa shape index (κ3) is 3.14. The fourth-order valence-corrected chi connectivity index (χ4v) is 2.79. The van der Waals surface area contributed by atoms with Gasteiger partial charge in [0.2, 0.25) is 11.8 Å². The Morgan fingerprint density at radius 2 is 2.23 bits per heavy atom. The Hall–Kier alpha value is -1.88. The summed E-state index contributed by atoms with van der Waals surface area (Å²) in [6, 6.07) is 7.79. The first-order valence-corrected chi connectivity index (χ1v) is 7.99. The van der Waals surface area contributed by atoms with Gasteiger partial charge in [-0.2, -0.15) is 0 Å². The lowest BCUT2D eigenvalue weighted by molar-refractivity contribution is -0.117. The van der Waals surface area contributed by atoms with Gasteiger partial charge in [-0.25, -0.2) is 4.99 Å². The molecule has 2 atom stereocenters. The predicted molar refractivity (Wildman–Crippen MR) is 87.2 cm³/mol. The second-order valence-electron chi connectivity index (χ2n) is 6.24. The van der Waals surface area contributed by atoms with Crippen molar-refractivity contribution in [2.75, 3.05) is 18.5 Å². The summed E-state index contributed by atoms with van der Waals surface area (Å²) >= 11 is 0. The quantitative estimate of drug-likeness (QED) is 0.896. The predicted octanol–water partition coefficient (Wildman–Crippen LogP) is 2.18. The summed E-state index contributed by atoms with van der Waals surface area (Å²) in [5.41, 5.74) is 1.63. The van der Waals surface area contributed by atoms with Gasteiger partial charge in [0, 0.05) is 0 Å². The summed E-state index contributed by atoms with van der Waals surface area (Å²) in [5.74, 6) is 1.10. The van der Waals surface area contributed by atoms with E-state index in [1.807, 2.05) is 24.3 Å². The van der Waals surface area contributed by atoms with Crippen molar-refractivity contribution in [1.82, 2.24) is 5.32 Å². The standard InChI is InChI=1S/C17H23N3O2/c1-11(2)15-10-22-17(20-15)12-6-3-4-7-13(12)19-16(21)14-8-5-9-18-14/h3-4,6-7,11,14-15,18H,5,8-10H2,1-2H3,(H,19,21)/t14?,15-/m1/s1. The Kier molecular flexibility index (Phi) is 4.43. The number of amides is 1. The number of rotatable bonds is 4. The summed E-state index contributed by atoms with van der Waals surface area (Å²) in [4.78, 5) is 17.0. The maximum Gasteiger partial charge on any atom is 0.241 e. The number of para-hydroxylation sites is 1. The summed E-state index contributed by atoms with van der Waals surface area (Å²) in [5, 5.41) is 6.23. The van der Waals surface area contributed by atoms with Crippen LogP contribution in [0.4, 0.5) is 5.69 Å². The van der Waals surface area contributed by atoms with Crippen LogP contribution in [0.25, 0.3) is 0 Å². The van der Waals surface area contributed by atoms with E-state index >= 15 is 0 Å². The molecule has 1 saturated heterocycles. The van der Waals surface area contributed by atoms with Crippen molar-refractivity contribution in [1.29, 1.82) is 0 Å².